The Labute approximate surface area is 108 Å². The summed E-state index contributed by atoms with van der Waals surface area (Å²) in [7, 11) is 0. The van der Waals surface area contributed by atoms with Crippen molar-refractivity contribution in [2.45, 2.75) is 51.7 Å². The van der Waals surface area contributed by atoms with Gasteiger partial charge in [0, 0.05) is 0 Å². The lowest BCUT2D eigenvalue weighted by Gasteiger charge is -2.29. The lowest BCUT2D eigenvalue weighted by Crippen LogP contribution is -2.35. The molecule has 0 amide bonds. The Kier molecular flexibility index (Phi) is 3.88. The molecule has 0 unspecified atom stereocenters. The molecule has 1 aliphatic carbocycles. The first-order valence-corrected chi connectivity index (χ1v) is 6.48. The summed E-state index contributed by atoms with van der Waals surface area (Å²) in [4.78, 5) is 0. The molecule has 1 aromatic carbocycles. The quantitative estimate of drug-likeness (QED) is 0.871. The molecule has 0 saturated heterocycles. The highest BCUT2D eigenvalue weighted by molar-refractivity contribution is 5.47. The minimum atomic E-state index is -0.367. The molecule has 3 nitrogen and oxygen atoms in total. The third-order valence-corrected chi connectivity index (χ3v) is 3.53. The third-order valence-electron chi connectivity index (χ3n) is 3.53. The molecule has 0 spiro atoms. The molecule has 2 atom stereocenters. The maximum absolute atomic E-state index is 9.94. The molecule has 1 aliphatic rings. The molecule has 0 aliphatic heterocycles. The van der Waals surface area contributed by atoms with Crippen LogP contribution in [-0.4, -0.2) is 17.3 Å². The summed E-state index contributed by atoms with van der Waals surface area (Å²) in [5.41, 5.74) is 2.58. The molecule has 0 heterocycles. The van der Waals surface area contributed by atoms with Crippen molar-refractivity contribution >= 4 is 0 Å². The normalized spacial score (nSPS) is 23.4. The van der Waals surface area contributed by atoms with Crippen molar-refractivity contribution < 1.29 is 9.84 Å². The van der Waals surface area contributed by atoms with E-state index >= 15 is 0 Å². The van der Waals surface area contributed by atoms with Crippen LogP contribution in [0.5, 0.6) is 5.75 Å². The molecule has 0 bridgehead atoms. The van der Waals surface area contributed by atoms with Crippen LogP contribution in [0, 0.1) is 25.2 Å². The third kappa shape index (κ3) is 2.65. The second-order valence-electron chi connectivity index (χ2n) is 5.06. The zero-order chi connectivity index (χ0) is 13.1. The lowest BCUT2D eigenvalue weighted by molar-refractivity contribution is 0.00620. The van der Waals surface area contributed by atoms with Crippen molar-refractivity contribution in [3.8, 4) is 11.8 Å². The van der Waals surface area contributed by atoms with Gasteiger partial charge in [-0.2, -0.15) is 5.26 Å². The molecular formula is C15H19NO2. The Hall–Kier alpha value is -1.53. The Morgan fingerprint density at radius 3 is 2.39 bits per heavy atom. The smallest absolute Gasteiger partial charge is 0.125 e. The number of aliphatic hydroxyl groups is 1. The van der Waals surface area contributed by atoms with Crippen molar-refractivity contribution in [2.24, 2.45) is 0 Å². The lowest BCUT2D eigenvalue weighted by atomic mass is 9.94. The van der Waals surface area contributed by atoms with Gasteiger partial charge < -0.3 is 9.84 Å². The Morgan fingerprint density at radius 2 is 1.83 bits per heavy atom. The van der Waals surface area contributed by atoms with E-state index in [2.05, 4.69) is 6.07 Å². The zero-order valence-electron chi connectivity index (χ0n) is 10.9. The minimum absolute atomic E-state index is 0.107. The molecule has 0 radical (unpaired) electrons. The van der Waals surface area contributed by atoms with Crippen LogP contribution in [0.4, 0.5) is 0 Å². The molecule has 1 N–H and O–H groups in total. The topological polar surface area (TPSA) is 53.2 Å². The Bertz CT molecular complexity index is 453. The summed E-state index contributed by atoms with van der Waals surface area (Å²) in [5, 5.41) is 18.8. The number of aliphatic hydroxyl groups excluding tert-OH is 1. The van der Waals surface area contributed by atoms with Gasteiger partial charge in [0.25, 0.3) is 0 Å². The maximum Gasteiger partial charge on any atom is 0.125 e. The van der Waals surface area contributed by atoms with Crippen LogP contribution in [0.2, 0.25) is 0 Å². The van der Waals surface area contributed by atoms with Gasteiger partial charge in [-0.1, -0.05) is 6.42 Å². The van der Waals surface area contributed by atoms with E-state index in [0.29, 0.717) is 5.56 Å². The largest absolute Gasteiger partial charge is 0.487 e. The van der Waals surface area contributed by atoms with E-state index < -0.39 is 0 Å². The SMILES string of the molecule is Cc1cc(C#N)cc(C)c1O[C@@H]1CCCC[C@H]1O. The highest BCUT2D eigenvalue weighted by atomic mass is 16.5. The first-order chi connectivity index (χ1) is 8.61. The first kappa shape index (κ1) is 12.9. The monoisotopic (exact) mass is 245 g/mol. The molecule has 18 heavy (non-hydrogen) atoms. The van der Waals surface area contributed by atoms with Gasteiger partial charge in [-0.3, -0.25) is 0 Å². The summed E-state index contributed by atoms with van der Waals surface area (Å²) in [5.74, 6) is 0.819. The molecule has 3 heteroatoms. The van der Waals surface area contributed by atoms with Gasteiger partial charge in [0.2, 0.25) is 0 Å². The van der Waals surface area contributed by atoms with Gasteiger partial charge in [-0.15, -0.1) is 0 Å². The average molecular weight is 245 g/mol. The number of hydrogen-bond acceptors (Lipinski definition) is 3. The molecule has 0 aromatic heterocycles. The number of rotatable bonds is 2. The number of benzene rings is 1. The van der Waals surface area contributed by atoms with Crippen molar-refractivity contribution in [1.29, 1.82) is 5.26 Å². The van der Waals surface area contributed by atoms with Crippen LogP contribution in [0.1, 0.15) is 42.4 Å². The Morgan fingerprint density at radius 1 is 1.22 bits per heavy atom. The number of nitriles is 1. The zero-order valence-corrected chi connectivity index (χ0v) is 10.9. The van der Waals surface area contributed by atoms with E-state index in [1.54, 1.807) is 0 Å². The van der Waals surface area contributed by atoms with Crippen molar-refractivity contribution in [3.05, 3.63) is 28.8 Å². The summed E-state index contributed by atoms with van der Waals surface area (Å²) in [6.07, 6.45) is 3.43. The van der Waals surface area contributed by atoms with E-state index in [0.717, 1.165) is 42.6 Å². The van der Waals surface area contributed by atoms with Crippen LogP contribution >= 0.6 is 0 Å². The van der Waals surface area contributed by atoms with E-state index in [9.17, 15) is 5.11 Å². The fourth-order valence-corrected chi connectivity index (χ4v) is 2.57. The molecule has 1 fully saturated rings. The van der Waals surface area contributed by atoms with Gasteiger partial charge in [0.1, 0.15) is 11.9 Å². The predicted octanol–water partition coefficient (Wildman–Crippen LogP) is 2.86. The van der Waals surface area contributed by atoms with E-state index in [1.807, 2.05) is 26.0 Å². The van der Waals surface area contributed by atoms with Crippen molar-refractivity contribution in [2.75, 3.05) is 0 Å². The number of ether oxygens (including phenoxy) is 1. The van der Waals surface area contributed by atoms with Crippen molar-refractivity contribution in [3.63, 3.8) is 0 Å². The van der Waals surface area contributed by atoms with Gasteiger partial charge in [0.05, 0.1) is 17.7 Å². The number of hydrogen-bond donors (Lipinski definition) is 1. The summed E-state index contributed by atoms with van der Waals surface area (Å²) >= 11 is 0. The van der Waals surface area contributed by atoms with Gasteiger partial charge >= 0.3 is 0 Å². The molecular weight excluding hydrogens is 226 g/mol. The second-order valence-corrected chi connectivity index (χ2v) is 5.06. The van der Waals surface area contributed by atoms with Gasteiger partial charge in [-0.25, -0.2) is 0 Å². The van der Waals surface area contributed by atoms with Gasteiger partial charge in [0.15, 0.2) is 0 Å². The predicted molar refractivity (Wildman–Crippen MR) is 69.5 cm³/mol. The first-order valence-electron chi connectivity index (χ1n) is 6.48. The summed E-state index contributed by atoms with van der Waals surface area (Å²) in [6.45, 7) is 3.89. The highest BCUT2D eigenvalue weighted by Crippen LogP contribution is 2.29. The molecule has 2 rings (SSSR count). The fraction of sp³-hybridized carbons (Fsp3) is 0.533. The van der Waals surface area contributed by atoms with E-state index in [1.165, 1.54) is 0 Å². The van der Waals surface area contributed by atoms with Crippen LogP contribution in [0.3, 0.4) is 0 Å². The second kappa shape index (κ2) is 5.41. The van der Waals surface area contributed by atoms with Crippen LogP contribution in [-0.2, 0) is 0 Å². The standard InChI is InChI=1S/C15H19NO2/c1-10-7-12(9-16)8-11(2)15(10)18-14-6-4-3-5-13(14)17/h7-8,13-14,17H,3-6H2,1-2H3/t13-,14-/m1/s1. The highest BCUT2D eigenvalue weighted by Gasteiger charge is 2.25. The van der Waals surface area contributed by atoms with E-state index in [-0.39, 0.29) is 12.2 Å². The summed E-state index contributed by atoms with van der Waals surface area (Å²) < 4.78 is 5.97. The van der Waals surface area contributed by atoms with Crippen LogP contribution in [0.25, 0.3) is 0 Å². The van der Waals surface area contributed by atoms with Crippen molar-refractivity contribution in [1.82, 2.24) is 0 Å². The van der Waals surface area contributed by atoms with E-state index in [4.69, 9.17) is 10.00 Å². The minimum Gasteiger partial charge on any atom is -0.487 e. The number of nitrogens with zero attached hydrogens (tertiary/aromatic N) is 1. The fourth-order valence-electron chi connectivity index (χ4n) is 2.57. The number of aryl methyl sites for hydroxylation is 2. The molecule has 96 valence electrons. The molecule has 1 saturated carbocycles. The average Bonchev–Trinajstić information content (AvgIpc) is 2.35. The molecule has 1 aromatic rings. The van der Waals surface area contributed by atoms with Crippen LogP contribution < -0.4 is 4.74 Å². The van der Waals surface area contributed by atoms with Crippen LogP contribution in [0.15, 0.2) is 12.1 Å². The maximum atomic E-state index is 9.94. The van der Waals surface area contributed by atoms with Gasteiger partial charge in [-0.05, 0) is 56.4 Å². The Balaban J connectivity index is 2.21. The summed E-state index contributed by atoms with van der Waals surface area (Å²) in [6, 6.07) is 5.81.